The molecule has 0 aliphatic heterocycles. The Bertz CT molecular complexity index is 1500. The van der Waals surface area contributed by atoms with Crippen molar-refractivity contribution in [1.82, 2.24) is 16.0 Å². The maximum atomic E-state index is 12.6. The summed E-state index contributed by atoms with van der Waals surface area (Å²) in [5.41, 5.74) is 5.16. The van der Waals surface area contributed by atoms with Gasteiger partial charge in [0.25, 0.3) is 0 Å². The van der Waals surface area contributed by atoms with Crippen LogP contribution < -0.4 is 30.2 Å². The van der Waals surface area contributed by atoms with Crippen molar-refractivity contribution in [1.29, 1.82) is 0 Å². The van der Waals surface area contributed by atoms with Gasteiger partial charge in [0.2, 0.25) is 11.8 Å². The molecular weight excluding hydrogens is 610 g/mol. The highest BCUT2D eigenvalue weighted by atomic mass is 16.5. The number of unbranched alkanes of at least 4 members (excludes halogenated alkanes) is 1. The van der Waals surface area contributed by atoms with Gasteiger partial charge in [0.05, 0.1) is 32.9 Å². The van der Waals surface area contributed by atoms with E-state index in [-0.39, 0.29) is 43.0 Å². The second kappa shape index (κ2) is 16.9. The molecule has 0 saturated carbocycles. The molecule has 1 atom stereocenters. The number of carbonyl (C=O) groups is 3. The number of benzene rings is 3. The van der Waals surface area contributed by atoms with Gasteiger partial charge in [-0.1, -0.05) is 76.2 Å². The molecule has 0 saturated heterocycles. The predicted octanol–water partition coefficient (Wildman–Crippen LogP) is 6.35. The van der Waals surface area contributed by atoms with E-state index in [1.807, 2.05) is 24.3 Å². The molecule has 0 heterocycles. The number of carbonyl (C=O) groups excluding carboxylic acids is 3. The van der Waals surface area contributed by atoms with Gasteiger partial charge in [0, 0.05) is 30.5 Å². The number of hydrogen-bond donors (Lipinski definition) is 3. The first-order valence-corrected chi connectivity index (χ1v) is 16.6. The predicted molar refractivity (Wildman–Crippen MR) is 185 cm³/mol. The van der Waals surface area contributed by atoms with Crippen LogP contribution in [0.3, 0.4) is 0 Å². The van der Waals surface area contributed by atoms with Gasteiger partial charge in [0.1, 0.15) is 30.4 Å². The van der Waals surface area contributed by atoms with Crippen molar-refractivity contribution in [2.75, 3.05) is 34.0 Å². The largest absolute Gasteiger partial charge is 0.496 e. The molecule has 3 aromatic rings. The van der Waals surface area contributed by atoms with E-state index in [9.17, 15) is 14.4 Å². The SMILES string of the molecule is CC[C@H](NC(=O)CCCCOc1cc(OC)c(CNC(=O)CNC(=O)OCC2c3ccccc3-c3ccccc32)c(OC)c1)C(C)(C)C. The lowest BCUT2D eigenvalue weighted by molar-refractivity contribution is -0.123. The molecule has 10 heteroatoms. The molecule has 3 amide bonds. The third-order valence-electron chi connectivity index (χ3n) is 8.64. The van der Waals surface area contributed by atoms with Gasteiger partial charge in [-0.25, -0.2) is 4.79 Å². The Hall–Kier alpha value is -4.73. The number of alkyl carbamates (subject to hydrolysis) is 1. The summed E-state index contributed by atoms with van der Waals surface area (Å²) in [4.78, 5) is 37.5. The molecule has 258 valence electrons. The van der Waals surface area contributed by atoms with Crippen LogP contribution in [0.5, 0.6) is 17.2 Å². The van der Waals surface area contributed by atoms with Gasteiger partial charge >= 0.3 is 6.09 Å². The first-order valence-electron chi connectivity index (χ1n) is 16.6. The van der Waals surface area contributed by atoms with E-state index in [2.05, 4.69) is 67.9 Å². The molecule has 1 aliphatic rings. The lowest BCUT2D eigenvalue weighted by atomic mass is 9.85. The Labute approximate surface area is 283 Å². The van der Waals surface area contributed by atoms with E-state index in [4.69, 9.17) is 18.9 Å². The van der Waals surface area contributed by atoms with Crippen LogP contribution >= 0.6 is 0 Å². The molecule has 3 N–H and O–H groups in total. The first kappa shape index (κ1) is 36.1. The van der Waals surface area contributed by atoms with E-state index < -0.39 is 12.0 Å². The van der Waals surface area contributed by atoms with Gasteiger partial charge in [-0.15, -0.1) is 0 Å². The first-order chi connectivity index (χ1) is 23.0. The van der Waals surface area contributed by atoms with Crippen LogP contribution in [0.1, 0.15) is 76.0 Å². The lowest BCUT2D eigenvalue weighted by Crippen LogP contribution is -2.43. The third kappa shape index (κ3) is 9.42. The maximum Gasteiger partial charge on any atom is 0.407 e. The highest BCUT2D eigenvalue weighted by molar-refractivity contribution is 5.82. The zero-order valence-electron chi connectivity index (χ0n) is 28.9. The zero-order valence-corrected chi connectivity index (χ0v) is 28.9. The number of amides is 3. The molecular formula is C38H49N3O7. The van der Waals surface area contributed by atoms with Gasteiger partial charge in [-0.05, 0) is 46.9 Å². The van der Waals surface area contributed by atoms with Crippen LogP contribution in [0.2, 0.25) is 0 Å². The zero-order chi connectivity index (χ0) is 34.7. The maximum absolute atomic E-state index is 12.6. The summed E-state index contributed by atoms with van der Waals surface area (Å²) in [6.07, 6.45) is 2.07. The molecule has 4 rings (SSSR count). The minimum absolute atomic E-state index is 0.0166. The Kier molecular flexibility index (Phi) is 12.7. The lowest BCUT2D eigenvalue weighted by Gasteiger charge is -2.30. The summed E-state index contributed by atoms with van der Waals surface area (Å²) in [6, 6.07) is 19.8. The van der Waals surface area contributed by atoms with Gasteiger partial charge in [0.15, 0.2) is 0 Å². The highest BCUT2D eigenvalue weighted by Crippen LogP contribution is 2.44. The van der Waals surface area contributed by atoms with Crippen LogP contribution in [0.4, 0.5) is 4.79 Å². The Morgan fingerprint density at radius 2 is 1.44 bits per heavy atom. The molecule has 48 heavy (non-hydrogen) atoms. The fraction of sp³-hybridized carbons (Fsp3) is 0.447. The molecule has 0 bridgehead atoms. The second-order valence-corrected chi connectivity index (χ2v) is 13.0. The number of methoxy groups -OCH3 is 2. The van der Waals surface area contributed by atoms with Crippen molar-refractivity contribution in [2.24, 2.45) is 5.41 Å². The van der Waals surface area contributed by atoms with Gasteiger partial charge < -0.3 is 34.9 Å². The van der Waals surface area contributed by atoms with Crippen molar-refractivity contribution in [2.45, 2.75) is 71.9 Å². The van der Waals surface area contributed by atoms with Crippen molar-refractivity contribution in [3.63, 3.8) is 0 Å². The van der Waals surface area contributed by atoms with E-state index >= 15 is 0 Å². The molecule has 0 radical (unpaired) electrons. The van der Waals surface area contributed by atoms with Crippen LogP contribution in [0.25, 0.3) is 11.1 Å². The monoisotopic (exact) mass is 659 g/mol. The van der Waals surface area contributed by atoms with E-state index in [0.29, 0.717) is 48.7 Å². The summed E-state index contributed by atoms with van der Waals surface area (Å²) in [7, 11) is 3.06. The van der Waals surface area contributed by atoms with Gasteiger partial charge in [-0.2, -0.15) is 0 Å². The third-order valence-corrected chi connectivity index (χ3v) is 8.64. The summed E-state index contributed by atoms with van der Waals surface area (Å²) in [5.74, 6) is 1.12. The van der Waals surface area contributed by atoms with Crippen LogP contribution in [0, 0.1) is 5.41 Å². The molecule has 0 spiro atoms. The molecule has 0 aromatic heterocycles. The average molecular weight is 660 g/mol. The van der Waals surface area contributed by atoms with Crippen LogP contribution in [-0.4, -0.2) is 57.9 Å². The van der Waals surface area contributed by atoms with Crippen LogP contribution in [0.15, 0.2) is 60.7 Å². The summed E-state index contributed by atoms with van der Waals surface area (Å²) in [5, 5.41) is 8.47. The van der Waals surface area contributed by atoms with Crippen LogP contribution in [-0.2, 0) is 20.9 Å². The van der Waals surface area contributed by atoms with E-state index in [1.165, 1.54) is 14.2 Å². The minimum Gasteiger partial charge on any atom is -0.496 e. The smallest absolute Gasteiger partial charge is 0.407 e. The standard InChI is InChI=1S/C38H49N3O7/c1-7-34(38(2,3)4)41-35(42)18-12-13-19-47-25-20-32(45-5)30(33(21-25)46-6)22-39-36(43)23-40-37(44)48-24-31-28-16-10-8-14-26(28)27-15-9-11-17-29(27)31/h8-11,14-17,20-21,31,34H,7,12-13,18-19,22-24H2,1-6H3,(H,39,43)(H,40,44)(H,41,42)/t34-/m0/s1. The summed E-state index contributed by atoms with van der Waals surface area (Å²) >= 11 is 0. The number of fused-ring (bicyclic) bond motifs is 3. The minimum atomic E-state index is -0.667. The van der Waals surface area contributed by atoms with Crippen molar-refractivity contribution in [3.05, 3.63) is 77.4 Å². The second-order valence-electron chi connectivity index (χ2n) is 13.0. The number of ether oxygens (including phenoxy) is 4. The highest BCUT2D eigenvalue weighted by Gasteiger charge is 2.29. The summed E-state index contributed by atoms with van der Waals surface area (Å²) < 4.78 is 22.6. The van der Waals surface area contributed by atoms with E-state index in [1.54, 1.807) is 12.1 Å². The number of hydrogen-bond acceptors (Lipinski definition) is 7. The molecule has 10 nitrogen and oxygen atoms in total. The topological polar surface area (TPSA) is 124 Å². The number of rotatable bonds is 16. The molecule has 3 aromatic carbocycles. The van der Waals surface area contributed by atoms with Crippen molar-refractivity contribution < 1.29 is 33.3 Å². The molecule has 0 unspecified atom stereocenters. The van der Waals surface area contributed by atoms with Crippen molar-refractivity contribution in [3.8, 4) is 28.4 Å². The Morgan fingerprint density at radius 3 is 2.00 bits per heavy atom. The summed E-state index contributed by atoms with van der Waals surface area (Å²) in [6.45, 7) is 8.91. The molecule has 1 aliphatic carbocycles. The van der Waals surface area contributed by atoms with E-state index in [0.717, 1.165) is 28.7 Å². The van der Waals surface area contributed by atoms with Crippen molar-refractivity contribution >= 4 is 17.9 Å². The quantitative estimate of drug-likeness (QED) is 0.153. The fourth-order valence-electron chi connectivity index (χ4n) is 6.04. The number of nitrogens with one attached hydrogen (secondary N) is 3. The normalized spacial score (nSPS) is 12.7. The fourth-order valence-corrected chi connectivity index (χ4v) is 6.04. The Balaban J connectivity index is 1.21. The molecule has 0 fully saturated rings. The van der Waals surface area contributed by atoms with Gasteiger partial charge in [-0.3, -0.25) is 9.59 Å². The average Bonchev–Trinajstić information content (AvgIpc) is 3.40. The Morgan fingerprint density at radius 1 is 0.833 bits per heavy atom.